The van der Waals surface area contributed by atoms with Gasteiger partial charge in [0, 0.05) is 19.3 Å². The largest absolute Gasteiger partial charge is 0.459 e. The van der Waals surface area contributed by atoms with Crippen LogP contribution in [0.4, 0.5) is 0 Å². The molecule has 0 unspecified atom stereocenters. The minimum Gasteiger partial charge on any atom is -0.459 e. The fourth-order valence-electron chi connectivity index (χ4n) is 1.82. The second-order valence-corrected chi connectivity index (χ2v) is 6.63. The number of furan rings is 1. The third kappa shape index (κ3) is 4.68. The number of hydrogen-bond donors (Lipinski definition) is 1. The van der Waals surface area contributed by atoms with Crippen LogP contribution in [-0.4, -0.2) is 43.0 Å². The lowest BCUT2D eigenvalue weighted by molar-refractivity contribution is 0.0924. The van der Waals surface area contributed by atoms with E-state index in [0.29, 0.717) is 5.69 Å². The Morgan fingerprint density at radius 2 is 2.14 bits per heavy atom. The molecule has 0 saturated carbocycles. The number of rotatable bonds is 7. The summed E-state index contributed by atoms with van der Waals surface area (Å²) < 4.78 is 29.8. The smallest absolute Gasteiger partial charge is 0.287 e. The van der Waals surface area contributed by atoms with Crippen molar-refractivity contribution in [1.29, 1.82) is 0 Å². The quantitative estimate of drug-likeness (QED) is 0.816. The number of pyridine rings is 1. The number of carbonyl (C=O) groups excluding carboxylic acids is 1. The van der Waals surface area contributed by atoms with E-state index < -0.39 is 10.0 Å². The molecule has 7 nitrogen and oxygen atoms in total. The van der Waals surface area contributed by atoms with Crippen LogP contribution in [0.15, 0.2) is 47.2 Å². The molecule has 1 amide bonds. The molecule has 0 saturated heterocycles. The summed E-state index contributed by atoms with van der Waals surface area (Å²) in [5, 5.41) is 2.61. The molecule has 2 heterocycles. The normalized spacial score (nSPS) is 11.5. The predicted molar refractivity (Wildman–Crippen MR) is 80.5 cm³/mol. The van der Waals surface area contributed by atoms with Crippen LogP contribution in [0.5, 0.6) is 0 Å². The highest BCUT2D eigenvalue weighted by molar-refractivity contribution is 7.88. The Labute approximate surface area is 129 Å². The van der Waals surface area contributed by atoms with Crippen LogP contribution in [0, 0.1) is 0 Å². The summed E-state index contributed by atoms with van der Waals surface area (Å²) in [6.45, 7) is 0.498. The number of sulfonamides is 1. The van der Waals surface area contributed by atoms with E-state index in [1.807, 2.05) is 0 Å². The lowest BCUT2D eigenvalue weighted by Crippen LogP contribution is -2.37. The van der Waals surface area contributed by atoms with E-state index in [1.54, 1.807) is 30.5 Å². The lowest BCUT2D eigenvalue weighted by atomic mass is 10.3. The molecule has 0 aliphatic heterocycles. The van der Waals surface area contributed by atoms with Crippen LogP contribution in [-0.2, 0) is 16.6 Å². The number of amides is 1. The van der Waals surface area contributed by atoms with Gasteiger partial charge in [-0.15, -0.1) is 0 Å². The van der Waals surface area contributed by atoms with Gasteiger partial charge in [-0.05, 0) is 24.3 Å². The van der Waals surface area contributed by atoms with Crippen molar-refractivity contribution in [1.82, 2.24) is 14.6 Å². The van der Waals surface area contributed by atoms with Gasteiger partial charge in [0.05, 0.1) is 24.8 Å². The van der Waals surface area contributed by atoms with E-state index in [1.165, 1.54) is 16.6 Å². The topological polar surface area (TPSA) is 92.5 Å². The maximum atomic E-state index is 11.8. The van der Waals surface area contributed by atoms with E-state index in [-0.39, 0.29) is 31.3 Å². The fourth-order valence-corrected chi connectivity index (χ4v) is 2.61. The summed E-state index contributed by atoms with van der Waals surface area (Å²) in [5.41, 5.74) is 0.644. The van der Waals surface area contributed by atoms with Crippen molar-refractivity contribution >= 4 is 15.9 Å². The van der Waals surface area contributed by atoms with Crippen molar-refractivity contribution in [3.8, 4) is 0 Å². The zero-order valence-corrected chi connectivity index (χ0v) is 12.9. The van der Waals surface area contributed by atoms with Gasteiger partial charge in [-0.3, -0.25) is 9.78 Å². The SMILES string of the molecule is CS(=O)(=O)N(CCNC(=O)c1ccco1)Cc1ccccn1. The summed E-state index contributed by atoms with van der Waals surface area (Å²) in [7, 11) is -3.40. The van der Waals surface area contributed by atoms with E-state index >= 15 is 0 Å². The third-order valence-corrected chi connectivity index (χ3v) is 4.17. The fraction of sp³-hybridized carbons (Fsp3) is 0.286. The zero-order chi connectivity index (χ0) is 16.0. The second kappa shape index (κ2) is 7.19. The molecule has 0 fully saturated rings. The summed E-state index contributed by atoms with van der Waals surface area (Å²) in [5.74, 6) is -0.188. The minimum absolute atomic E-state index is 0.155. The molecule has 0 radical (unpaired) electrons. The van der Waals surface area contributed by atoms with Crippen LogP contribution in [0.2, 0.25) is 0 Å². The van der Waals surface area contributed by atoms with Crippen LogP contribution in [0.25, 0.3) is 0 Å². The third-order valence-electron chi connectivity index (χ3n) is 2.93. The molecule has 0 aliphatic rings. The molecule has 8 heteroatoms. The Bertz CT molecular complexity index is 699. The molecule has 2 aromatic rings. The van der Waals surface area contributed by atoms with Gasteiger partial charge in [-0.25, -0.2) is 8.42 Å². The van der Waals surface area contributed by atoms with Crippen molar-refractivity contribution in [2.45, 2.75) is 6.54 Å². The van der Waals surface area contributed by atoms with Gasteiger partial charge in [-0.1, -0.05) is 6.07 Å². The molecule has 0 bridgehead atoms. The molecular formula is C14H17N3O4S. The average Bonchev–Trinajstić information content (AvgIpc) is 3.00. The van der Waals surface area contributed by atoms with Gasteiger partial charge in [0.2, 0.25) is 10.0 Å². The zero-order valence-electron chi connectivity index (χ0n) is 12.1. The molecule has 0 aromatic carbocycles. The number of carbonyl (C=O) groups is 1. The summed E-state index contributed by atoms with van der Waals surface area (Å²) in [4.78, 5) is 15.8. The molecule has 0 aliphatic carbocycles. The predicted octanol–water partition coefficient (Wildman–Crippen LogP) is 0.866. The van der Waals surface area contributed by atoms with Crippen LogP contribution in [0.3, 0.4) is 0 Å². The van der Waals surface area contributed by atoms with Crippen molar-refractivity contribution < 1.29 is 17.6 Å². The highest BCUT2D eigenvalue weighted by atomic mass is 32.2. The summed E-state index contributed by atoms with van der Waals surface area (Å²) in [6, 6.07) is 8.45. The van der Waals surface area contributed by atoms with Crippen LogP contribution < -0.4 is 5.32 Å². The van der Waals surface area contributed by atoms with E-state index in [0.717, 1.165) is 6.26 Å². The summed E-state index contributed by atoms with van der Waals surface area (Å²) in [6.07, 6.45) is 4.14. The molecule has 22 heavy (non-hydrogen) atoms. The van der Waals surface area contributed by atoms with Crippen molar-refractivity contribution in [2.24, 2.45) is 0 Å². The number of nitrogens with zero attached hydrogens (tertiary/aromatic N) is 2. The number of nitrogens with one attached hydrogen (secondary N) is 1. The van der Waals surface area contributed by atoms with Crippen molar-refractivity contribution in [3.05, 3.63) is 54.2 Å². The molecular weight excluding hydrogens is 306 g/mol. The van der Waals surface area contributed by atoms with Crippen molar-refractivity contribution in [2.75, 3.05) is 19.3 Å². The highest BCUT2D eigenvalue weighted by Gasteiger charge is 2.18. The van der Waals surface area contributed by atoms with E-state index in [2.05, 4.69) is 10.3 Å². The molecule has 0 spiro atoms. The monoisotopic (exact) mass is 323 g/mol. The van der Waals surface area contributed by atoms with Crippen LogP contribution in [0.1, 0.15) is 16.2 Å². The first-order valence-corrected chi connectivity index (χ1v) is 8.48. The molecule has 1 N–H and O–H groups in total. The molecule has 2 rings (SSSR count). The first kappa shape index (κ1) is 16.2. The van der Waals surface area contributed by atoms with Gasteiger partial charge in [-0.2, -0.15) is 4.31 Å². The molecule has 2 aromatic heterocycles. The maximum absolute atomic E-state index is 11.8. The Kier molecular flexibility index (Phi) is 5.29. The molecule has 118 valence electrons. The lowest BCUT2D eigenvalue weighted by Gasteiger charge is -2.19. The number of hydrogen-bond acceptors (Lipinski definition) is 5. The van der Waals surface area contributed by atoms with Gasteiger partial charge in [0.15, 0.2) is 5.76 Å². The number of aromatic nitrogens is 1. The first-order valence-electron chi connectivity index (χ1n) is 6.63. The summed E-state index contributed by atoms with van der Waals surface area (Å²) >= 11 is 0. The maximum Gasteiger partial charge on any atom is 0.287 e. The van der Waals surface area contributed by atoms with Gasteiger partial charge in [0.25, 0.3) is 5.91 Å². The second-order valence-electron chi connectivity index (χ2n) is 4.65. The van der Waals surface area contributed by atoms with Gasteiger partial charge >= 0.3 is 0 Å². The average molecular weight is 323 g/mol. The Hall–Kier alpha value is -2.19. The Morgan fingerprint density at radius 3 is 2.73 bits per heavy atom. The standard InChI is InChI=1S/C14H17N3O4S/c1-22(19,20)17(11-12-5-2-3-7-15-12)9-8-16-14(18)13-6-4-10-21-13/h2-7,10H,8-9,11H2,1H3,(H,16,18). The van der Waals surface area contributed by atoms with Gasteiger partial charge < -0.3 is 9.73 Å². The first-order chi connectivity index (χ1) is 10.5. The van der Waals surface area contributed by atoms with Crippen LogP contribution >= 0.6 is 0 Å². The molecule has 0 atom stereocenters. The minimum atomic E-state index is -3.40. The highest BCUT2D eigenvalue weighted by Crippen LogP contribution is 2.05. The Morgan fingerprint density at radius 1 is 1.32 bits per heavy atom. The Balaban J connectivity index is 1.92. The van der Waals surface area contributed by atoms with E-state index in [9.17, 15) is 13.2 Å². The van der Waals surface area contributed by atoms with Gasteiger partial charge in [0.1, 0.15) is 0 Å². The van der Waals surface area contributed by atoms with E-state index in [4.69, 9.17) is 4.42 Å². The van der Waals surface area contributed by atoms with Crippen molar-refractivity contribution in [3.63, 3.8) is 0 Å².